The lowest BCUT2D eigenvalue weighted by Gasteiger charge is -2.33. The molecule has 5 heteroatoms. The molecule has 1 aliphatic rings. The summed E-state index contributed by atoms with van der Waals surface area (Å²) in [7, 11) is 0. The quantitative estimate of drug-likeness (QED) is 0.780. The number of pyridine rings is 1. The van der Waals surface area contributed by atoms with Crippen LogP contribution < -0.4 is 10.2 Å². The fourth-order valence-corrected chi connectivity index (χ4v) is 2.94. The lowest BCUT2D eigenvalue weighted by molar-refractivity contribution is 0.318. The van der Waals surface area contributed by atoms with E-state index in [4.69, 9.17) is 23.2 Å². The second-order valence-electron chi connectivity index (χ2n) is 5.39. The van der Waals surface area contributed by atoms with Gasteiger partial charge in [-0.25, -0.2) is 4.98 Å². The van der Waals surface area contributed by atoms with E-state index < -0.39 is 0 Å². The van der Waals surface area contributed by atoms with Gasteiger partial charge in [0.15, 0.2) is 0 Å². The Hall–Kier alpha value is -0.670. The molecule has 20 heavy (non-hydrogen) atoms. The summed E-state index contributed by atoms with van der Waals surface area (Å²) in [6.07, 6.45) is 5.04. The van der Waals surface area contributed by atoms with Crippen LogP contribution in [0.4, 0.5) is 11.6 Å². The predicted molar refractivity (Wildman–Crippen MR) is 88.3 cm³/mol. The van der Waals surface area contributed by atoms with Crippen LogP contribution in [0.25, 0.3) is 0 Å². The van der Waals surface area contributed by atoms with E-state index >= 15 is 0 Å². The summed E-state index contributed by atoms with van der Waals surface area (Å²) in [6.45, 7) is 7.08. The number of rotatable bonds is 7. The molecule has 0 aliphatic heterocycles. The van der Waals surface area contributed by atoms with Gasteiger partial charge in [0.25, 0.3) is 0 Å². The summed E-state index contributed by atoms with van der Waals surface area (Å²) in [5.41, 5.74) is 0. The predicted octanol–water partition coefficient (Wildman–Crippen LogP) is 4.84. The summed E-state index contributed by atoms with van der Waals surface area (Å²) in [6, 6.07) is 1.80. The standard InChI is InChI=1S/C15H23Cl2N3/c1-3-8-18-14-12(16)9-13(17)15(19-14)20(4-2)10-11-6-5-7-11/h9,11H,3-8,10H2,1-2H3,(H,18,19). The van der Waals surface area contributed by atoms with Gasteiger partial charge >= 0.3 is 0 Å². The molecule has 0 spiro atoms. The minimum Gasteiger partial charge on any atom is -0.369 e. The first-order chi connectivity index (χ1) is 9.65. The van der Waals surface area contributed by atoms with Crippen LogP contribution in [-0.2, 0) is 0 Å². The van der Waals surface area contributed by atoms with Crippen LogP contribution in [-0.4, -0.2) is 24.6 Å². The van der Waals surface area contributed by atoms with E-state index in [1.165, 1.54) is 19.3 Å². The average molecular weight is 316 g/mol. The van der Waals surface area contributed by atoms with Crippen molar-refractivity contribution in [1.82, 2.24) is 4.98 Å². The molecule has 0 saturated heterocycles. The molecule has 1 fully saturated rings. The number of nitrogens with zero attached hydrogens (tertiary/aromatic N) is 2. The van der Waals surface area contributed by atoms with Crippen LogP contribution >= 0.6 is 23.2 Å². The Morgan fingerprint density at radius 1 is 1.30 bits per heavy atom. The van der Waals surface area contributed by atoms with Crippen LogP contribution in [0.15, 0.2) is 6.07 Å². The van der Waals surface area contributed by atoms with Crippen molar-refractivity contribution in [2.24, 2.45) is 5.92 Å². The minimum absolute atomic E-state index is 0.590. The number of hydrogen-bond donors (Lipinski definition) is 1. The van der Waals surface area contributed by atoms with Gasteiger partial charge in [-0.15, -0.1) is 0 Å². The lowest BCUT2D eigenvalue weighted by atomic mass is 9.85. The zero-order chi connectivity index (χ0) is 14.5. The highest BCUT2D eigenvalue weighted by Crippen LogP contribution is 2.34. The maximum atomic E-state index is 6.34. The third kappa shape index (κ3) is 3.70. The zero-order valence-corrected chi connectivity index (χ0v) is 13.8. The van der Waals surface area contributed by atoms with Gasteiger partial charge in [0, 0.05) is 19.6 Å². The molecule has 112 valence electrons. The van der Waals surface area contributed by atoms with Crippen LogP contribution in [0, 0.1) is 5.92 Å². The van der Waals surface area contributed by atoms with E-state index in [0.29, 0.717) is 10.0 Å². The molecule has 0 atom stereocenters. The molecule has 1 aromatic heterocycles. The monoisotopic (exact) mass is 315 g/mol. The Balaban J connectivity index is 2.18. The fourth-order valence-electron chi connectivity index (χ4n) is 2.40. The van der Waals surface area contributed by atoms with Crippen molar-refractivity contribution in [3.8, 4) is 0 Å². The van der Waals surface area contributed by atoms with Gasteiger partial charge in [-0.1, -0.05) is 36.5 Å². The molecular weight excluding hydrogens is 293 g/mol. The van der Waals surface area contributed by atoms with Gasteiger partial charge < -0.3 is 10.2 Å². The highest BCUT2D eigenvalue weighted by Gasteiger charge is 2.22. The highest BCUT2D eigenvalue weighted by atomic mass is 35.5. The van der Waals surface area contributed by atoms with Crippen molar-refractivity contribution in [3.05, 3.63) is 16.1 Å². The molecule has 0 amide bonds. The number of nitrogens with one attached hydrogen (secondary N) is 1. The molecule has 3 nitrogen and oxygen atoms in total. The smallest absolute Gasteiger partial charge is 0.149 e. The van der Waals surface area contributed by atoms with Crippen LogP contribution in [0.3, 0.4) is 0 Å². The summed E-state index contributed by atoms with van der Waals surface area (Å²) in [5.74, 6) is 2.37. The SMILES string of the molecule is CCCNc1nc(N(CC)CC2CCC2)c(Cl)cc1Cl. The highest BCUT2D eigenvalue weighted by molar-refractivity contribution is 6.37. The first-order valence-corrected chi connectivity index (χ1v) is 8.26. The van der Waals surface area contributed by atoms with Crippen molar-refractivity contribution in [1.29, 1.82) is 0 Å². The van der Waals surface area contributed by atoms with Crippen molar-refractivity contribution >= 4 is 34.8 Å². The first kappa shape index (κ1) is 15.7. The molecule has 0 unspecified atom stereocenters. The molecule has 2 rings (SSSR count). The number of aromatic nitrogens is 1. The van der Waals surface area contributed by atoms with Gasteiger partial charge in [0.05, 0.1) is 10.0 Å². The maximum absolute atomic E-state index is 6.34. The lowest BCUT2D eigenvalue weighted by Crippen LogP contribution is -2.33. The maximum Gasteiger partial charge on any atom is 0.149 e. The molecule has 1 saturated carbocycles. The Morgan fingerprint density at radius 3 is 2.60 bits per heavy atom. The van der Waals surface area contributed by atoms with E-state index in [-0.39, 0.29) is 0 Å². The van der Waals surface area contributed by atoms with Gasteiger partial charge in [-0.2, -0.15) is 0 Å². The van der Waals surface area contributed by atoms with E-state index in [9.17, 15) is 0 Å². The zero-order valence-electron chi connectivity index (χ0n) is 12.3. The molecule has 0 radical (unpaired) electrons. The third-order valence-electron chi connectivity index (χ3n) is 3.84. The van der Waals surface area contributed by atoms with Crippen molar-refractivity contribution in [2.45, 2.75) is 39.5 Å². The fraction of sp³-hybridized carbons (Fsp3) is 0.667. The second-order valence-corrected chi connectivity index (χ2v) is 6.20. The van der Waals surface area contributed by atoms with E-state index in [1.807, 2.05) is 0 Å². The average Bonchev–Trinajstić information content (AvgIpc) is 2.38. The number of hydrogen-bond acceptors (Lipinski definition) is 3. The van der Waals surface area contributed by atoms with Gasteiger partial charge in [-0.05, 0) is 38.2 Å². The van der Waals surface area contributed by atoms with Crippen molar-refractivity contribution in [3.63, 3.8) is 0 Å². The number of anilines is 2. The molecule has 0 bridgehead atoms. The summed E-state index contributed by atoms with van der Waals surface area (Å²) >= 11 is 12.5. The molecule has 1 N–H and O–H groups in total. The van der Waals surface area contributed by atoms with Gasteiger partial charge in [0.2, 0.25) is 0 Å². The Labute approximate surface area is 131 Å². The van der Waals surface area contributed by atoms with Gasteiger partial charge in [0.1, 0.15) is 11.6 Å². The largest absolute Gasteiger partial charge is 0.369 e. The van der Waals surface area contributed by atoms with Crippen molar-refractivity contribution < 1.29 is 0 Å². The summed E-state index contributed by atoms with van der Waals surface area (Å²) < 4.78 is 0. The third-order valence-corrected chi connectivity index (χ3v) is 4.40. The molecule has 1 heterocycles. The van der Waals surface area contributed by atoms with E-state index in [0.717, 1.165) is 43.6 Å². The second kappa shape index (κ2) is 7.37. The van der Waals surface area contributed by atoms with Crippen LogP contribution in [0.1, 0.15) is 39.5 Å². The van der Waals surface area contributed by atoms with E-state index in [1.54, 1.807) is 6.07 Å². The Kier molecular flexibility index (Phi) is 5.79. The van der Waals surface area contributed by atoms with E-state index in [2.05, 4.69) is 29.0 Å². The molecular formula is C15H23Cl2N3. The van der Waals surface area contributed by atoms with Crippen molar-refractivity contribution in [2.75, 3.05) is 29.9 Å². The summed E-state index contributed by atoms with van der Waals surface area (Å²) in [5, 5.41) is 4.49. The van der Waals surface area contributed by atoms with Crippen LogP contribution in [0.2, 0.25) is 10.0 Å². The first-order valence-electron chi connectivity index (χ1n) is 7.50. The topological polar surface area (TPSA) is 28.2 Å². The summed E-state index contributed by atoms with van der Waals surface area (Å²) in [4.78, 5) is 6.91. The van der Waals surface area contributed by atoms with Crippen LogP contribution in [0.5, 0.6) is 0 Å². The molecule has 1 aliphatic carbocycles. The molecule has 1 aromatic rings. The normalized spacial score (nSPS) is 15.0. The number of halogens is 2. The van der Waals surface area contributed by atoms with Gasteiger partial charge in [-0.3, -0.25) is 0 Å². The molecule has 0 aromatic carbocycles. The minimum atomic E-state index is 0.590. The Morgan fingerprint density at radius 2 is 2.05 bits per heavy atom. The Bertz CT molecular complexity index is 447.